The Hall–Kier alpha value is -1.72. The maximum absolute atomic E-state index is 4.55. The van der Waals surface area contributed by atoms with Crippen LogP contribution in [-0.4, -0.2) is 21.4 Å². The van der Waals surface area contributed by atoms with Crippen molar-refractivity contribution >= 4 is 23.5 Å². The fourth-order valence-corrected chi connectivity index (χ4v) is 3.18. The van der Waals surface area contributed by atoms with E-state index >= 15 is 0 Å². The maximum Gasteiger partial charge on any atom is 0.209 e. The molecule has 0 radical (unpaired) electrons. The lowest BCUT2D eigenvalue weighted by atomic mass is 10.1. The van der Waals surface area contributed by atoms with Crippen LogP contribution in [0.15, 0.2) is 58.6 Å². The molecule has 2 aromatic carbocycles. The largest absolute Gasteiger partial charge is 0.258 e. The van der Waals surface area contributed by atoms with Gasteiger partial charge in [0.2, 0.25) is 5.16 Å². The number of hydrogen-bond donors (Lipinski definition) is 1. The van der Waals surface area contributed by atoms with E-state index in [9.17, 15) is 0 Å². The number of aromatic nitrogens is 3. The van der Waals surface area contributed by atoms with E-state index in [1.807, 2.05) is 0 Å². The molecule has 3 aromatic rings. The van der Waals surface area contributed by atoms with Crippen LogP contribution in [0.1, 0.15) is 11.1 Å². The Bertz CT molecular complexity index is 733. The summed E-state index contributed by atoms with van der Waals surface area (Å²) in [7, 11) is 0. The Balaban J connectivity index is 1.65. The van der Waals surface area contributed by atoms with Crippen LogP contribution in [0, 0.1) is 6.92 Å². The van der Waals surface area contributed by atoms with Gasteiger partial charge in [-0.1, -0.05) is 53.7 Å². The maximum atomic E-state index is 4.55. The molecule has 1 N–H and O–H groups in total. The second-order valence-electron chi connectivity index (χ2n) is 4.97. The molecule has 0 amide bonds. The number of thioether (sulfide) groups is 2. The zero-order valence-electron chi connectivity index (χ0n) is 12.5. The van der Waals surface area contributed by atoms with Crippen molar-refractivity contribution in [1.29, 1.82) is 0 Å². The molecule has 0 unspecified atom stereocenters. The Morgan fingerprint density at radius 1 is 1.00 bits per heavy atom. The summed E-state index contributed by atoms with van der Waals surface area (Å²) in [5, 5.41) is 8.08. The molecule has 0 saturated heterocycles. The highest BCUT2D eigenvalue weighted by molar-refractivity contribution is 7.98. The van der Waals surface area contributed by atoms with E-state index in [-0.39, 0.29) is 0 Å². The van der Waals surface area contributed by atoms with Crippen LogP contribution in [0.25, 0.3) is 11.4 Å². The average Bonchev–Trinajstić information content (AvgIpc) is 3.03. The van der Waals surface area contributed by atoms with E-state index in [0.29, 0.717) is 0 Å². The van der Waals surface area contributed by atoms with Gasteiger partial charge in [0.15, 0.2) is 5.82 Å². The van der Waals surface area contributed by atoms with Gasteiger partial charge in [-0.2, -0.15) is 0 Å². The highest BCUT2D eigenvalue weighted by atomic mass is 32.2. The summed E-state index contributed by atoms with van der Waals surface area (Å²) >= 11 is 3.40. The van der Waals surface area contributed by atoms with E-state index in [2.05, 4.69) is 76.9 Å². The molecule has 1 heterocycles. The number of aromatic amines is 1. The Morgan fingerprint density at radius 3 is 2.41 bits per heavy atom. The second-order valence-corrected chi connectivity index (χ2v) is 6.79. The summed E-state index contributed by atoms with van der Waals surface area (Å²) in [6.45, 7) is 2.08. The van der Waals surface area contributed by atoms with Gasteiger partial charge < -0.3 is 0 Å². The topological polar surface area (TPSA) is 41.6 Å². The summed E-state index contributed by atoms with van der Waals surface area (Å²) < 4.78 is 0. The van der Waals surface area contributed by atoms with E-state index in [4.69, 9.17) is 0 Å². The first-order valence-electron chi connectivity index (χ1n) is 7.00. The van der Waals surface area contributed by atoms with Gasteiger partial charge in [-0.25, -0.2) is 4.98 Å². The molecule has 112 valence electrons. The zero-order chi connectivity index (χ0) is 15.4. The molecule has 3 nitrogen and oxygen atoms in total. The molecule has 0 aliphatic carbocycles. The molecule has 0 atom stereocenters. The van der Waals surface area contributed by atoms with Gasteiger partial charge >= 0.3 is 0 Å². The van der Waals surface area contributed by atoms with Crippen LogP contribution in [-0.2, 0) is 5.75 Å². The van der Waals surface area contributed by atoms with Crippen molar-refractivity contribution in [3.8, 4) is 11.4 Å². The molecule has 3 rings (SSSR count). The van der Waals surface area contributed by atoms with E-state index < -0.39 is 0 Å². The van der Waals surface area contributed by atoms with Gasteiger partial charge in [0.25, 0.3) is 0 Å². The summed E-state index contributed by atoms with van der Waals surface area (Å²) in [6, 6.07) is 16.9. The molecular formula is C17H17N3S2. The number of nitrogens with one attached hydrogen (secondary N) is 1. The predicted octanol–water partition coefficient (Wildman–Crippen LogP) is 4.79. The van der Waals surface area contributed by atoms with Crippen molar-refractivity contribution < 1.29 is 0 Å². The molecule has 0 spiro atoms. The van der Waals surface area contributed by atoms with Gasteiger partial charge in [-0.3, -0.25) is 5.10 Å². The number of benzene rings is 2. The fourth-order valence-electron chi connectivity index (χ4n) is 2.02. The van der Waals surface area contributed by atoms with Crippen LogP contribution in [0.5, 0.6) is 0 Å². The zero-order valence-corrected chi connectivity index (χ0v) is 14.2. The average molecular weight is 327 g/mol. The highest BCUT2D eigenvalue weighted by Gasteiger charge is 2.06. The summed E-state index contributed by atoms with van der Waals surface area (Å²) in [4.78, 5) is 5.84. The molecule has 5 heteroatoms. The van der Waals surface area contributed by atoms with Crippen molar-refractivity contribution in [3.05, 3.63) is 59.7 Å². The third-order valence-corrected chi connectivity index (χ3v) is 4.98. The molecule has 0 fully saturated rings. The third-order valence-electron chi connectivity index (χ3n) is 3.32. The third kappa shape index (κ3) is 3.72. The van der Waals surface area contributed by atoms with Crippen LogP contribution >= 0.6 is 23.5 Å². The van der Waals surface area contributed by atoms with Gasteiger partial charge in [-0.05, 0) is 30.9 Å². The monoisotopic (exact) mass is 327 g/mol. The normalized spacial score (nSPS) is 10.8. The van der Waals surface area contributed by atoms with Gasteiger partial charge in [0, 0.05) is 16.2 Å². The lowest BCUT2D eigenvalue weighted by molar-refractivity contribution is 0.973. The number of H-pyrrole nitrogens is 1. The van der Waals surface area contributed by atoms with Gasteiger partial charge in [-0.15, -0.1) is 16.9 Å². The minimum Gasteiger partial charge on any atom is -0.258 e. The molecule has 22 heavy (non-hydrogen) atoms. The molecule has 0 saturated carbocycles. The van der Waals surface area contributed by atoms with Crippen LogP contribution < -0.4 is 0 Å². The van der Waals surface area contributed by atoms with Crippen LogP contribution in [0.2, 0.25) is 0 Å². The van der Waals surface area contributed by atoms with Gasteiger partial charge in [0.1, 0.15) is 0 Å². The SMILES string of the molecule is CSc1ccc(CSc2n[nH]c(-c3ccc(C)cc3)n2)cc1. The van der Waals surface area contributed by atoms with Crippen molar-refractivity contribution in [3.63, 3.8) is 0 Å². The van der Waals surface area contributed by atoms with E-state index in [1.165, 1.54) is 16.0 Å². The summed E-state index contributed by atoms with van der Waals surface area (Å²) in [6.07, 6.45) is 2.09. The number of hydrogen-bond acceptors (Lipinski definition) is 4. The molecule has 0 bridgehead atoms. The van der Waals surface area contributed by atoms with E-state index in [1.54, 1.807) is 23.5 Å². The Morgan fingerprint density at radius 2 is 1.73 bits per heavy atom. The predicted molar refractivity (Wildman–Crippen MR) is 94.3 cm³/mol. The quantitative estimate of drug-likeness (QED) is 0.684. The van der Waals surface area contributed by atoms with Gasteiger partial charge in [0.05, 0.1) is 0 Å². The van der Waals surface area contributed by atoms with E-state index in [0.717, 1.165) is 22.3 Å². The fraction of sp³-hybridized carbons (Fsp3) is 0.176. The minimum atomic E-state index is 0.782. The summed E-state index contributed by atoms with van der Waals surface area (Å²) in [5.41, 5.74) is 3.59. The lowest BCUT2D eigenvalue weighted by Gasteiger charge is -2.00. The standard InChI is InChI=1S/C17H17N3S2/c1-12-3-7-14(8-4-12)16-18-17(20-19-16)22-11-13-5-9-15(21-2)10-6-13/h3-10H,11H2,1-2H3,(H,18,19,20). The van der Waals surface area contributed by atoms with Crippen molar-refractivity contribution in [1.82, 2.24) is 15.2 Å². The number of rotatable bonds is 5. The first-order chi connectivity index (χ1) is 10.7. The highest BCUT2D eigenvalue weighted by Crippen LogP contribution is 2.23. The first kappa shape index (κ1) is 15.2. The van der Waals surface area contributed by atoms with Crippen LogP contribution in [0.3, 0.4) is 0 Å². The molecule has 0 aliphatic rings. The second kappa shape index (κ2) is 7.03. The first-order valence-corrected chi connectivity index (χ1v) is 9.21. The lowest BCUT2D eigenvalue weighted by Crippen LogP contribution is -1.83. The Kier molecular flexibility index (Phi) is 4.85. The van der Waals surface area contributed by atoms with Crippen molar-refractivity contribution in [2.75, 3.05) is 6.26 Å². The van der Waals surface area contributed by atoms with Crippen LogP contribution in [0.4, 0.5) is 0 Å². The molecular weight excluding hydrogens is 310 g/mol. The molecule has 1 aromatic heterocycles. The van der Waals surface area contributed by atoms with Crippen molar-refractivity contribution in [2.45, 2.75) is 22.7 Å². The number of nitrogens with zero attached hydrogens (tertiary/aromatic N) is 2. The summed E-state index contributed by atoms with van der Waals surface area (Å²) in [5.74, 6) is 1.69. The minimum absolute atomic E-state index is 0.782. The molecule has 0 aliphatic heterocycles. The smallest absolute Gasteiger partial charge is 0.209 e. The number of aryl methyl sites for hydroxylation is 1. The van der Waals surface area contributed by atoms with Crippen molar-refractivity contribution in [2.24, 2.45) is 0 Å². The Labute approximate surface area is 139 Å².